The third-order valence-corrected chi connectivity index (χ3v) is 2.26. The zero-order valence-electron chi connectivity index (χ0n) is 7.77. The number of aryl methyl sites for hydroxylation is 1. The number of ether oxygens (including phenoxy) is 1. The first-order valence-electron chi connectivity index (χ1n) is 4.36. The molecule has 1 aromatic rings. The van der Waals surface area contributed by atoms with E-state index in [-0.39, 0.29) is 5.75 Å². The number of hydrogen-bond donors (Lipinski definition) is 0. The Morgan fingerprint density at radius 1 is 1.43 bits per heavy atom. The first-order valence-corrected chi connectivity index (χ1v) is 5.16. The molecule has 78 valence electrons. The molecular formula is C10H11BrF2O. The van der Waals surface area contributed by atoms with Gasteiger partial charge >= 0.3 is 6.61 Å². The van der Waals surface area contributed by atoms with Crippen molar-refractivity contribution in [3.63, 3.8) is 0 Å². The lowest BCUT2D eigenvalue weighted by Crippen LogP contribution is -2.04. The van der Waals surface area contributed by atoms with Crippen LogP contribution < -0.4 is 4.74 Å². The minimum absolute atomic E-state index is 0.260. The summed E-state index contributed by atoms with van der Waals surface area (Å²) < 4.78 is 29.2. The van der Waals surface area contributed by atoms with Gasteiger partial charge in [-0.25, -0.2) is 0 Å². The molecule has 1 aromatic carbocycles. The van der Waals surface area contributed by atoms with Gasteiger partial charge in [0.2, 0.25) is 0 Å². The summed E-state index contributed by atoms with van der Waals surface area (Å²) in [4.78, 5) is 0. The van der Waals surface area contributed by atoms with Gasteiger partial charge in [-0.05, 0) is 24.1 Å². The topological polar surface area (TPSA) is 9.23 Å². The Morgan fingerprint density at radius 2 is 2.14 bits per heavy atom. The zero-order valence-corrected chi connectivity index (χ0v) is 9.35. The van der Waals surface area contributed by atoms with Gasteiger partial charge in [0.25, 0.3) is 0 Å². The van der Waals surface area contributed by atoms with E-state index in [0.717, 1.165) is 22.9 Å². The second-order valence-electron chi connectivity index (χ2n) is 2.88. The Balaban J connectivity index is 2.90. The van der Waals surface area contributed by atoms with Crippen molar-refractivity contribution in [1.82, 2.24) is 0 Å². The Kier molecular flexibility index (Phi) is 4.32. The van der Waals surface area contributed by atoms with Crippen LogP contribution in [0.4, 0.5) is 8.78 Å². The number of alkyl halides is 2. The summed E-state index contributed by atoms with van der Waals surface area (Å²) in [6.45, 7) is -0.770. The Labute approximate surface area is 90.2 Å². The van der Waals surface area contributed by atoms with Gasteiger partial charge < -0.3 is 4.74 Å². The molecule has 0 atom stereocenters. The maximum absolute atomic E-state index is 12.0. The molecule has 14 heavy (non-hydrogen) atoms. The predicted molar refractivity (Wildman–Crippen MR) is 54.8 cm³/mol. The Bertz CT molecular complexity index is 302. The summed E-state index contributed by atoms with van der Waals surface area (Å²) in [5, 5.41) is 0. The highest BCUT2D eigenvalue weighted by atomic mass is 79.9. The SMILES string of the molecule is CCCc1ccc(Br)cc1OC(F)F. The third kappa shape index (κ3) is 3.25. The van der Waals surface area contributed by atoms with Crippen molar-refractivity contribution in [2.45, 2.75) is 26.4 Å². The second-order valence-corrected chi connectivity index (χ2v) is 3.80. The lowest BCUT2D eigenvalue weighted by molar-refractivity contribution is -0.0504. The maximum atomic E-state index is 12.0. The van der Waals surface area contributed by atoms with Gasteiger partial charge in [-0.1, -0.05) is 35.3 Å². The van der Waals surface area contributed by atoms with Gasteiger partial charge in [0.1, 0.15) is 5.75 Å². The molecule has 0 fully saturated rings. The van der Waals surface area contributed by atoms with Gasteiger partial charge in [-0.15, -0.1) is 0 Å². The summed E-state index contributed by atoms with van der Waals surface area (Å²) in [5.41, 5.74) is 0.816. The lowest BCUT2D eigenvalue weighted by atomic mass is 10.1. The van der Waals surface area contributed by atoms with E-state index >= 15 is 0 Å². The van der Waals surface area contributed by atoms with Gasteiger partial charge in [-0.2, -0.15) is 8.78 Å². The van der Waals surface area contributed by atoms with Crippen LogP contribution in [0.15, 0.2) is 22.7 Å². The van der Waals surface area contributed by atoms with E-state index in [2.05, 4.69) is 20.7 Å². The van der Waals surface area contributed by atoms with Crippen molar-refractivity contribution in [3.8, 4) is 5.75 Å². The lowest BCUT2D eigenvalue weighted by Gasteiger charge is -2.10. The van der Waals surface area contributed by atoms with E-state index in [0.29, 0.717) is 0 Å². The molecule has 1 nitrogen and oxygen atoms in total. The monoisotopic (exact) mass is 264 g/mol. The summed E-state index contributed by atoms with van der Waals surface area (Å²) in [6, 6.07) is 5.19. The number of hydrogen-bond acceptors (Lipinski definition) is 1. The number of benzene rings is 1. The van der Waals surface area contributed by atoms with Crippen molar-refractivity contribution in [2.75, 3.05) is 0 Å². The molecule has 0 aliphatic heterocycles. The molecule has 0 saturated carbocycles. The molecule has 4 heteroatoms. The van der Waals surface area contributed by atoms with Crippen molar-refractivity contribution in [1.29, 1.82) is 0 Å². The van der Waals surface area contributed by atoms with Crippen LogP contribution in [0.5, 0.6) is 5.75 Å². The normalized spacial score (nSPS) is 10.6. The molecule has 0 saturated heterocycles. The van der Waals surface area contributed by atoms with Crippen LogP contribution in [0, 0.1) is 0 Å². The summed E-state index contributed by atoms with van der Waals surface area (Å²) in [5.74, 6) is 0.260. The van der Waals surface area contributed by atoms with Gasteiger partial charge in [-0.3, -0.25) is 0 Å². The average molecular weight is 265 g/mol. The Hall–Kier alpha value is -0.640. The van der Waals surface area contributed by atoms with E-state index < -0.39 is 6.61 Å². The van der Waals surface area contributed by atoms with E-state index in [9.17, 15) is 8.78 Å². The van der Waals surface area contributed by atoms with Crippen molar-refractivity contribution >= 4 is 15.9 Å². The molecule has 0 radical (unpaired) electrons. The van der Waals surface area contributed by atoms with E-state index in [1.54, 1.807) is 12.1 Å². The summed E-state index contributed by atoms with van der Waals surface area (Å²) >= 11 is 3.21. The van der Waals surface area contributed by atoms with Crippen LogP contribution in [0.1, 0.15) is 18.9 Å². The van der Waals surface area contributed by atoms with Gasteiger partial charge in [0.05, 0.1) is 0 Å². The largest absolute Gasteiger partial charge is 0.435 e. The standard InChI is InChI=1S/C10H11BrF2O/c1-2-3-7-4-5-8(11)6-9(7)14-10(12)13/h4-6,10H,2-3H2,1H3. The predicted octanol–water partition coefficient (Wildman–Crippen LogP) is 4.00. The minimum atomic E-state index is -2.76. The summed E-state index contributed by atoms with van der Waals surface area (Å²) in [6.07, 6.45) is 1.65. The van der Waals surface area contributed by atoms with Crippen LogP contribution in [-0.2, 0) is 6.42 Å². The number of rotatable bonds is 4. The molecule has 0 heterocycles. The number of halogens is 3. The molecule has 0 bridgehead atoms. The molecule has 0 unspecified atom stereocenters. The van der Waals surface area contributed by atoms with Crippen LogP contribution in [0.2, 0.25) is 0 Å². The van der Waals surface area contributed by atoms with Crippen molar-refractivity contribution < 1.29 is 13.5 Å². The highest BCUT2D eigenvalue weighted by Crippen LogP contribution is 2.26. The zero-order chi connectivity index (χ0) is 10.6. The molecule has 0 amide bonds. The van der Waals surface area contributed by atoms with E-state index in [4.69, 9.17) is 0 Å². The van der Waals surface area contributed by atoms with Crippen LogP contribution in [0.3, 0.4) is 0 Å². The van der Waals surface area contributed by atoms with E-state index in [1.165, 1.54) is 0 Å². The van der Waals surface area contributed by atoms with Crippen LogP contribution in [0.25, 0.3) is 0 Å². The minimum Gasteiger partial charge on any atom is -0.435 e. The molecule has 0 aliphatic carbocycles. The maximum Gasteiger partial charge on any atom is 0.387 e. The molecule has 0 aromatic heterocycles. The first-order chi connectivity index (χ1) is 6.63. The molecule has 0 spiro atoms. The molecule has 0 aliphatic rings. The molecule has 0 N–H and O–H groups in total. The second kappa shape index (κ2) is 5.29. The van der Waals surface area contributed by atoms with Crippen LogP contribution in [-0.4, -0.2) is 6.61 Å². The van der Waals surface area contributed by atoms with Gasteiger partial charge in [0, 0.05) is 4.47 Å². The smallest absolute Gasteiger partial charge is 0.387 e. The Morgan fingerprint density at radius 3 is 2.71 bits per heavy atom. The average Bonchev–Trinajstić information content (AvgIpc) is 2.09. The summed E-state index contributed by atoms with van der Waals surface area (Å²) in [7, 11) is 0. The fourth-order valence-corrected chi connectivity index (χ4v) is 1.55. The quantitative estimate of drug-likeness (QED) is 0.799. The third-order valence-electron chi connectivity index (χ3n) is 1.76. The van der Waals surface area contributed by atoms with E-state index in [1.807, 2.05) is 13.0 Å². The highest BCUT2D eigenvalue weighted by Gasteiger charge is 2.09. The van der Waals surface area contributed by atoms with Crippen LogP contribution >= 0.6 is 15.9 Å². The van der Waals surface area contributed by atoms with Crippen molar-refractivity contribution in [2.24, 2.45) is 0 Å². The highest BCUT2D eigenvalue weighted by molar-refractivity contribution is 9.10. The fraction of sp³-hybridized carbons (Fsp3) is 0.400. The first kappa shape index (κ1) is 11.4. The van der Waals surface area contributed by atoms with Crippen molar-refractivity contribution in [3.05, 3.63) is 28.2 Å². The fourth-order valence-electron chi connectivity index (χ4n) is 1.21. The molecule has 1 rings (SSSR count). The molecular weight excluding hydrogens is 254 g/mol. The van der Waals surface area contributed by atoms with Gasteiger partial charge in [0.15, 0.2) is 0 Å².